The van der Waals surface area contributed by atoms with Gasteiger partial charge in [-0.2, -0.15) is 0 Å². The Morgan fingerprint density at radius 3 is 2.35 bits per heavy atom. The average molecular weight is 427 g/mol. The number of H-pyrrole nitrogens is 1. The molecule has 3 aromatic rings. The first-order chi connectivity index (χ1) is 15.0. The van der Waals surface area contributed by atoms with Gasteiger partial charge in [0, 0.05) is 30.3 Å². The monoisotopic (exact) mass is 427 g/mol. The van der Waals surface area contributed by atoms with E-state index < -0.39 is 6.10 Å². The van der Waals surface area contributed by atoms with Crippen LogP contribution in [0.2, 0.25) is 0 Å². The number of aliphatic hydroxyl groups is 1. The molecule has 0 saturated carbocycles. The topological polar surface area (TPSA) is 106 Å². The molecule has 0 fully saturated rings. The van der Waals surface area contributed by atoms with Crippen LogP contribution < -0.4 is 24.5 Å². The molecule has 1 aromatic heterocycles. The molecule has 1 aliphatic rings. The fourth-order valence-corrected chi connectivity index (χ4v) is 4.07. The second kappa shape index (κ2) is 8.44. The van der Waals surface area contributed by atoms with E-state index in [9.17, 15) is 9.90 Å². The van der Waals surface area contributed by atoms with E-state index in [2.05, 4.69) is 9.97 Å². The van der Waals surface area contributed by atoms with Crippen LogP contribution in [0.5, 0.6) is 23.0 Å². The second-order valence-electron chi connectivity index (χ2n) is 7.28. The number of hydrogen-bond donors (Lipinski definition) is 2. The highest BCUT2D eigenvalue weighted by atomic mass is 16.5. The predicted molar refractivity (Wildman–Crippen MR) is 114 cm³/mol. The number of hydrogen-bond acceptors (Lipinski definition) is 8. The van der Waals surface area contributed by atoms with E-state index in [1.54, 1.807) is 32.4 Å². The van der Waals surface area contributed by atoms with E-state index >= 15 is 0 Å². The van der Waals surface area contributed by atoms with E-state index in [1.807, 2.05) is 11.0 Å². The summed E-state index contributed by atoms with van der Waals surface area (Å²) in [4.78, 5) is 22.1. The summed E-state index contributed by atoms with van der Waals surface area (Å²) >= 11 is 0. The number of ether oxygens (including phenoxy) is 4. The van der Waals surface area contributed by atoms with Gasteiger partial charge in [0.15, 0.2) is 11.5 Å². The van der Waals surface area contributed by atoms with Crippen LogP contribution in [0, 0.1) is 0 Å². The van der Waals surface area contributed by atoms with Crippen LogP contribution >= 0.6 is 0 Å². The maximum atomic E-state index is 12.7. The van der Waals surface area contributed by atoms with Gasteiger partial charge in [0.05, 0.1) is 52.0 Å². The molecule has 31 heavy (non-hydrogen) atoms. The standard InChI is InChI=1S/C22H25N3O6/c1-28-16-5-6-17(29-2)21-13(16)9-25(10-15(21)26)11-20-23-14-8-19(31-4)18(30-3)7-12(14)22(27)24-20/h5-8,15,26H,9-11H2,1-4H3,(H,23,24,27). The third-order valence-electron chi connectivity index (χ3n) is 5.49. The molecule has 0 aliphatic carbocycles. The van der Waals surface area contributed by atoms with Gasteiger partial charge < -0.3 is 29.0 Å². The van der Waals surface area contributed by atoms with Gasteiger partial charge in [-0.1, -0.05) is 0 Å². The number of aromatic amines is 1. The van der Waals surface area contributed by atoms with Gasteiger partial charge in [0.1, 0.15) is 17.3 Å². The zero-order chi connectivity index (χ0) is 22.1. The van der Waals surface area contributed by atoms with Crippen molar-refractivity contribution in [3.05, 3.63) is 51.6 Å². The van der Waals surface area contributed by atoms with Crippen LogP contribution in [-0.4, -0.2) is 55.0 Å². The third-order valence-corrected chi connectivity index (χ3v) is 5.49. The molecule has 2 heterocycles. The smallest absolute Gasteiger partial charge is 0.258 e. The number of aromatic nitrogens is 2. The highest BCUT2D eigenvalue weighted by Gasteiger charge is 2.30. The minimum absolute atomic E-state index is 0.266. The van der Waals surface area contributed by atoms with E-state index in [4.69, 9.17) is 18.9 Å². The number of methoxy groups -OCH3 is 4. The molecule has 1 unspecified atom stereocenters. The number of nitrogens with one attached hydrogen (secondary N) is 1. The summed E-state index contributed by atoms with van der Waals surface area (Å²) in [5.74, 6) is 2.75. The van der Waals surface area contributed by atoms with Crippen molar-refractivity contribution < 1.29 is 24.1 Å². The van der Waals surface area contributed by atoms with Crippen molar-refractivity contribution in [2.75, 3.05) is 35.0 Å². The fourth-order valence-electron chi connectivity index (χ4n) is 4.07. The molecule has 0 bridgehead atoms. The zero-order valence-corrected chi connectivity index (χ0v) is 17.9. The lowest BCUT2D eigenvalue weighted by Crippen LogP contribution is -2.34. The molecular formula is C22H25N3O6. The van der Waals surface area contributed by atoms with Crippen molar-refractivity contribution in [1.82, 2.24) is 14.9 Å². The van der Waals surface area contributed by atoms with E-state index in [0.29, 0.717) is 59.4 Å². The Hall–Kier alpha value is -3.30. The van der Waals surface area contributed by atoms with Crippen LogP contribution in [0.25, 0.3) is 10.9 Å². The molecule has 9 nitrogen and oxygen atoms in total. The molecule has 2 N–H and O–H groups in total. The molecule has 164 valence electrons. The molecule has 0 amide bonds. The van der Waals surface area contributed by atoms with E-state index in [0.717, 1.165) is 11.1 Å². The normalized spacial score (nSPS) is 16.1. The van der Waals surface area contributed by atoms with Gasteiger partial charge in [-0.15, -0.1) is 0 Å². The van der Waals surface area contributed by atoms with Crippen molar-refractivity contribution >= 4 is 10.9 Å². The van der Waals surface area contributed by atoms with Gasteiger partial charge >= 0.3 is 0 Å². The van der Waals surface area contributed by atoms with Gasteiger partial charge in [-0.3, -0.25) is 9.69 Å². The fraction of sp³-hybridized carbons (Fsp3) is 0.364. The summed E-state index contributed by atoms with van der Waals surface area (Å²) in [7, 11) is 6.22. The molecule has 9 heteroatoms. The quantitative estimate of drug-likeness (QED) is 0.615. The highest BCUT2D eigenvalue weighted by molar-refractivity contribution is 5.81. The Morgan fingerprint density at radius 2 is 1.68 bits per heavy atom. The lowest BCUT2D eigenvalue weighted by atomic mass is 9.95. The lowest BCUT2D eigenvalue weighted by molar-refractivity contribution is 0.0828. The van der Waals surface area contributed by atoms with E-state index in [1.165, 1.54) is 14.2 Å². The van der Waals surface area contributed by atoms with Crippen LogP contribution in [0.15, 0.2) is 29.1 Å². The van der Waals surface area contributed by atoms with Gasteiger partial charge in [0.25, 0.3) is 5.56 Å². The summed E-state index contributed by atoms with van der Waals surface area (Å²) in [6.45, 7) is 1.22. The van der Waals surface area contributed by atoms with Crippen molar-refractivity contribution in [2.45, 2.75) is 19.2 Å². The Balaban J connectivity index is 1.68. The van der Waals surface area contributed by atoms with Crippen LogP contribution in [0.3, 0.4) is 0 Å². The molecule has 0 saturated heterocycles. The predicted octanol–water partition coefficient (Wildman–Crippen LogP) is 2.01. The number of fused-ring (bicyclic) bond motifs is 2. The number of benzene rings is 2. The Labute approximate surface area is 179 Å². The zero-order valence-electron chi connectivity index (χ0n) is 17.9. The first-order valence-corrected chi connectivity index (χ1v) is 9.78. The molecule has 1 aliphatic heterocycles. The summed E-state index contributed by atoms with van der Waals surface area (Å²) in [6, 6.07) is 6.91. The maximum Gasteiger partial charge on any atom is 0.258 e. The molecule has 0 spiro atoms. The molecule has 2 aromatic carbocycles. The van der Waals surface area contributed by atoms with Gasteiger partial charge in [0.2, 0.25) is 0 Å². The molecular weight excluding hydrogens is 402 g/mol. The molecule has 0 radical (unpaired) electrons. The largest absolute Gasteiger partial charge is 0.496 e. The number of β-amino-alcohol motifs (C(OH)–C–C–N with tert-alkyl or cyclic N) is 1. The SMILES string of the molecule is COc1cc2nc(CN3Cc4c(OC)ccc(OC)c4C(O)C3)[nH]c(=O)c2cc1OC. The van der Waals surface area contributed by atoms with Crippen LogP contribution in [0.1, 0.15) is 23.1 Å². The number of nitrogens with zero attached hydrogens (tertiary/aromatic N) is 2. The molecule has 4 rings (SSSR count). The Kier molecular flexibility index (Phi) is 5.71. The van der Waals surface area contributed by atoms with Gasteiger partial charge in [-0.25, -0.2) is 4.98 Å². The first-order valence-electron chi connectivity index (χ1n) is 9.78. The maximum absolute atomic E-state index is 12.7. The number of aliphatic hydroxyl groups excluding tert-OH is 1. The highest BCUT2D eigenvalue weighted by Crippen LogP contribution is 2.39. The summed E-state index contributed by atoms with van der Waals surface area (Å²) in [6.07, 6.45) is -0.759. The first kappa shape index (κ1) is 21.0. The van der Waals surface area contributed by atoms with Gasteiger partial charge in [-0.05, 0) is 18.2 Å². The third kappa shape index (κ3) is 3.77. The lowest BCUT2D eigenvalue weighted by Gasteiger charge is -2.33. The minimum Gasteiger partial charge on any atom is -0.496 e. The summed E-state index contributed by atoms with van der Waals surface area (Å²) in [5, 5.41) is 11.2. The molecule has 1 atom stereocenters. The summed E-state index contributed by atoms with van der Waals surface area (Å²) in [5.41, 5.74) is 1.83. The van der Waals surface area contributed by atoms with Crippen molar-refractivity contribution in [1.29, 1.82) is 0 Å². The van der Waals surface area contributed by atoms with Crippen molar-refractivity contribution in [2.24, 2.45) is 0 Å². The summed E-state index contributed by atoms with van der Waals surface area (Å²) < 4.78 is 21.5. The van der Waals surface area contributed by atoms with Crippen molar-refractivity contribution in [3.8, 4) is 23.0 Å². The Bertz CT molecular complexity index is 1180. The Morgan fingerprint density at radius 1 is 1.03 bits per heavy atom. The second-order valence-corrected chi connectivity index (χ2v) is 7.28. The van der Waals surface area contributed by atoms with Crippen LogP contribution in [0.4, 0.5) is 0 Å². The minimum atomic E-state index is -0.759. The number of rotatable bonds is 6. The van der Waals surface area contributed by atoms with E-state index in [-0.39, 0.29) is 5.56 Å². The van der Waals surface area contributed by atoms with Crippen molar-refractivity contribution in [3.63, 3.8) is 0 Å². The average Bonchev–Trinajstić information content (AvgIpc) is 2.77. The van der Waals surface area contributed by atoms with Crippen LogP contribution in [-0.2, 0) is 13.1 Å².